The Balaban J connectivity index is 2.64. The molecule has 1 saturated heterocycles. The molecule has 1 heterocycles. The maximum Gasteiger partial charge on any atom is 0.306 e. The number of esters is 1. The summed E-state index contributed by atoms with van der Waals surface area (Å²) >= 11 is 0. The Labute approximate surface area is 467 Å². The second-order valence-corrected chi connectivity index (χ2v) is 22.9. The zero-order valence-corrected chi connectivity index (χ0v) is 49.6. The normalized spacial score (nSPS) is 19.2. The molecule has 76 heavy (non-hydrogen) atoms. The van der Waals surface area contributed by atoms with Crippen molar-refractivity contribution in [2.75, 3.05) is 13.2 Å². The fraction of sp³-hybridized carbons (Fsp3) is 0.908. The van der Waals surface area contributed by atoms with Crippen LogP contribution in [-0.2, 0) is 23.8 Å². The lowest BCUT2D eigenvalue weighted by molar-refractivity contribution is -0.305. The molecule has 1 aliphatic rings. The summed E-state index contributed by atoms with van der Waals surface area (Å²) in [5.74, 6) is -1.18. The summed E-state index contributed by atoms with van der Waals surface area (Å²) in [4.78, 5) is 26.6. The van der Waals surface area contributed by atoms with Gasteiger partial charge >= 0.3 is 5.97 Å². The van der Waals surface area contributed by atoms with E-state index in [0.717, 1.165) is 70.6 Å². The van der Waals surface area contributed by atoms with Gasteiger partial charge in [0.1, 0.15) is 24.4 Å². The van der Waals surface area contributed by atoms with Gasteiger partial charge in [-0.15, -0.1) is 0 Å². The summed E-state index contributed by atoms with van der Waals surface area (Å²) in [5.41, 5.74) is 0. The molecule has 1 amide bonds. The molecule has 11 heteroatoms. The van der Waals surface area contributed by atoms with Gasteiger partial charge in [0, 0.05) is 6.42 Å². The van der Waals surface area contributed by atoms with Crippen LogP contribution in [0.5, 0.6) is 0 Å². The number of rotatable bonds is 56. The minimum atomic E-state index is -1.61. The average Bonchev–Trinajstić information content (AvgIpc) is 3.42. The summed E-state index contributed by atoms with van der Waals surface area (Å²) in [7, 11) is 0. The standard InChI is InChI=1S/C65H123NO10/c1-4-7-10-13-16-19-22-25-27-29-30-31-33-35-38-41-44-47-50-53-60(70)76-63-62(72)61(71)59(54-67)75-65(63)74-55-56(57(68)51-48-45-42-39-36-24-21-18-15-12-9-6-3)66-64(73)58(69)52-49-46-43-40-37-34-32-28-26-23-20-17-14-11-8-5-2/h26,28,48,51,56-59,61-63,65,67-69,71-72H,4-25,27,29-47,49-50,52-55H2,1-3H3,(H,66,73)/b28-26+,51-48+. The highest BCUT2D eigenvalue weighted by Crippen LogP contribution is 2.26. The van der Waals surface area contributed by atoms with Crippen molar-refractivity contribution in [2.24, 2.45) is 0 Å². The van der Waals surface area contributed by atoms with E-state index >= 15 is 0 Å². The summed E-state index contributed by atoms with van der Waals surface area (Å²) < 4.78 is 17.7. The third-order valence-electron chi connectivity index (χ3n) is 15.6. The molecule has 8 atom stereocenters. The minimum Gasteiger partial charge on any atom is -0.454 e. The van der Waals surface area contributed by atoms with Gasteiger partial charge in [0.2, 0.25) is 5.91 Å². The molecule has 0 aliphatic carbocycles. The zero-order chi connectivity index (χ0) is 55.4. The summed E-state index contributed by atoms with van der Waals surface area (Å²) in [6.07, 6.45) is 52.1. The first-order valence-electron chi connectivity index (χ1n) is 32.6. The van der Waals surface area contributed by atoms with Crippen molar-refractivity contribution in [1.29, 1.82) is 0 Å². The molecule has 0 spiro atoms. The Bertz CT molecular complexity index is 1330. The van der Waals surface area contributed by atoms with Crippen molar-refractivity contribution < 1.29 is 49.3 Å². The van der Waals surface area contributed by atoms with Gasteiger partial charge in [-0.2, -0.15) is 0 Å². The van der Waals surface area contributed by atoms with Crippen molar-refractivity contribution in [3.05, 3.63) is 24.3 Å². The molecule has 8 unspecified atom stereocenters. The van der Waals surface area contributed by atoms with Crippen molar-refractivity contribution in [2.45, 2.75) is 365 Å². The number of unbranched alkanes of at least 4 members (excludes halogenated alkanes) is 40. The number of hydrogen-bond donors (Lipinski definition) is 6. The molecule has 1 rings (SSSR count). The van der Waals surface area contributed by atoms with Gasteiger partial charge in [0.15, 0.2) is 12.4 Å². The van der Waals surface area contributed by atoms with Crippen molar-refractivity contribution >= 4 is 11.9 Å². The van der Waals surface area contributed by atoms with Gasteiger partial charge in [-0.1, -0.05) is 283 Å². The Hall–Kier alpha value is -1.86. The van der Waals surface area contributed by atoms with Gasteiger partial charge in [-0.25, -0.2) is 0 Å². The monoisotopic (exact) mass is 1080 g/mol. The first kappa shape index (κ1) is 72.2. The molecule has 0 aromatic carbocycles. The van der Waals surface area contributed by atoms with Gasteiger partial charge in [0.25, 0.3) is 0 Å². The second-order valence-electron chi connectivity index (χ2n) is 22.9. The van der Waals surface area contributed by atoms with E-state index in [1.165, 1.54) is 199 Å². The molecule has 1 fully saturated rings. The first-order chi connectivity index (χ1) is 37.2. The van der Waals surface area contributed by atoms with Crippen LogP contribution in [-0.4, -0.2) is 99.6 Å². The molecule has 0 radical (unpaired) electrons. The molecular formula is C65H123NO10. The van der Waals surface area contributed by atoms with Crippen LogP contribution in [0.1, 0.15) is 316 Å². The van der Waals surface area contributed by atoms with E-state index in [1.807, 2.05) is 6.08 Å². The van der Waals surface area contributed by atoms with Crippen LogP contribution in [0, 0.1) is 0 Å². The van der Waals surface area contributed by atoms with Crippen molar-refractivity contribution in [3.63, 3.8) is 0 Å². The largest absolute Gasteiger partial charge is 0.454 e. The van der Waals surface area contributed by atoms with Gasteiger partial charge in [0.05, 0.1) is 25.4 Å². The number of aliphatic hydroxyl groups is 5. The summed E-state index contributed by atoms with van der Waals surface area (Å²) in [6.45, 7) is 5.82. The Morgan fingerprint density at radius 3 is 1.28 bits per heavy atom. The molecule has 0 aromatic rings. The molecular weight excluding hydrogens is 955 g/mol. The Morgan fingerprint density at radius 1 is 0.500 bits per heavy atom. The number of amides is 1. The smallest absolute Gasteiger partial charge is 0.306 e. The van der Waals surface area contributed by atoms with E-state index in [2.05, 4.69) is 38.2 Å². The third-order valence-corrected chi connectivity index (χ3v) is 15.6. The number of allylic oxidation sites excluding steroid dienone is 3. The van der Waals surface area contributed by atoms with Crippen molar-refractivity contribution in [3.8, 4) is 0 Å². The number of nitrogens with one attached hydrogen (secondary N) is 1. The zero-order valence-electron chi connectivity index (χ0n) is 49.6. The molecule has 11 nitrogen and oxygen atoms in total. The summed E-state index contributed by atoms with van der Waals surface area (Å²) in [5, 5.41) is 57.0. The Morgan fingerprint density at radius 2 is 0.868 bits per heavy atom. The van der Waals surface area contributed by atoms with Crippen LogP contribution in [0.15, 0.2) is 24.3 Å². The predicted octanol–water partition coefficient (Wildman–Crippen LogP) is 15.7. The number of hydrogen-bond acceptors (Lipinski definition) is 10. The van der Waals surface area contributed by atoms with E-state index in [0.29, 0.717) is 12.8 Å². The summed E-state index contributed by atoms with van der Waals surface area (Å²) in [6, 6.07) is -1.02. The maximum atomic E-state index is 13.4. The predicted molar refractivity (Wildman–Crippen MR) is 315 cm³/mol. The van der Waals surface area contributed by atoms with Crippen LogP contribution >= 0.6 is 0 Å². The average molecular weight is 1080 g/mol. The molecule has 0 bridgehead atoms. The fourth-order valence-corrected chi connectivity index (χ4v) is 10.4. The van der Waals surface area contributed by atoms with Crippen molar-refractivity contribution in [1.82, 2.24) is 5.32 Å². The lowest BCUT2D eigenvalue weighted by atomic mass is 9.99. The van der Waals surface area contributed by atoms with Gasteiger partial charge < -0.3 is 45.1 Å². The number of carbonyl (C=O) groups excluding carboxylic acids is 2. The van der Waals surface area contributed by atoms with Gasteiger partial charge in [-0.05, 0) is 51.4 Å². The molecule has 6 N–H and O–H groups in total. The van der Waals surface area contributed by atoms with Gasteiger partial charge in [-0.3, -0.25) is 9.59 Å². The highest BCUT2D eigenvalue weighted by molar-refractivity contribution is 5.80. The van der Waals surface area contributed by atoms with E-state index in [-0.39, 0.29) is 19.4 Å². The number of carbonyl (C=O) groups is 2. The lowest BCUT2D eigenvalue weighted by Crippen LogP contribution is -2.61. The first-order valence-corrected chi connectivity index (χ1v) is 32.6. The topological polar surface area (TPSA) is 175 Å². The van der Waals surface area contributed by atoms with Crippen LogP contribution in [0.2, 0.25) is 0 Å². The minimum absolute atomic E-state index is 0.129. The van der Waals surface area contributed by atoms with Crippen LogP contribution in [0.3, 0.4) is 0 Å². The number of ether oxygens (including phenoxy) is 3. The van der Waals surface area contributed by atoms with Crippen LogP contribution in [0.4, 0.5) is 0 Å². The van der Waals surface area contributed by atoms with E-state index < -0.39 is 67.4 Å². The SMILES string of the molecule is CCCCCCCC/C=C/CCCCCCCCC(O)C(=O)NC(COC1OC(CO)C(O)C(O)C1OC(=O)CCCCCCCCCCCCCCCCCCCCC)C(O)/C=C/CCCCCCCCCCCC. The van der Waals surface area contributed by atoms with E-state index in [4.69, 9.17) is 14.2 Å². The fourth-order valence-electron chi connectivity index (χ4n) is 10.4. The third kappa shape index (κ3) is 41.2. The highest BCUT2D eigenvalue weighted by atomic mass is 16.7. The molecule has 448 valence electrons. The van der Waals surface area contributed by atoms with E-state index in [9.17, 15) is 35.1 Å². The highest BCUT2D eigenvalue weighted by Gasteiger charge is 2.47. The lowest BCUT2D eigenvalue weighted by Gasteiger charge is -2.41. The molecule has 0 saturated carbocycles. The second kappa shape index (κ2) is 53.8. The molecule has 0 aromatic heterocycles. The Kier molecular flexibility index (Phi) is 51.0. The van der Waals surface area contributed by atoms with Crippen LogP contribution in [0.25, 0.3) is 0 Å². The van der Waals surface area contributed by atoms with Crippen LogP contribution < -0.4 is 5.32 Å². The quantitative estimate of drug-likeness (QED) is 0.0195. The number of aliphatic hydroxyl groups excluding tert-OH is 5. The van der Waals surface area contributed by atoms with E-state index in [1.54, 1.807) is 6.08 Å². The molecule has 1 aliphatic heterocycles. The maximum absolute atomic E-state index is 13.4.